The molecule has 3 N–H and O–H groups in total. The Labute approximate surface area is 128 Å². The second-order valence-electron chi connectivity index (χ2n) is 4.61. The molecule has 0 aromatic heterocycles. The van der Waals surface area contributed by atoms with Gasteiger partial charge in [-0.2, -0.15) is 0 Å². The van der Waals surface area contributed by atoms with Gasteiger partial charge in [-0.25, -0.2) is 9.59 Å². The number of hydrogen-bond acceptors (Lipinski definition) is 2. The molecule has 0 aliphatic carbocycles. The van der Waals surface area contributed by atoms with Gasteiger partial charge in [0.25, 0.3) is 0 Å². The van der Waals surface area contributed by atoms with Gasteiger partial charge >= 0.3 is 12.0 Å². The van der Waals surface area contributed by atoms with Crippen LogP contribution in [0.4, 0.5) is 10.5 Å². The largest absolute Gasteiger partial charge is 0.480 e. The maximum absolute atomic E-state index is 11.8. The molecule has 0 unspecified atom stereocenters. The number of rotatable bonds is 3. The van der Waals surface area contributed by atoms with Crippen LogP contribution < -0.4 is 10.6 Å². The molecule has 19 heavy (non-hydrogen) atoms. The SMILES string of the molecule is Cc1cc(Br)c(NC(=O)NC(C)(C)C(=O)O)c(Br)c1. The van der Waals surface area contributed by atoms with Gasteiger partial charge in [-0.15, -0.1) is 0 Å². The van der Waals surface area contributed by atoms with Gasteiger partial charge in [0, 0.05) is 8.95 Å². The van der Waals surface area contributed by atoms with Crippen LogP contribution in [0.3, 0.4) is 0 Å². The lowest BCUT2D eigenvalue weighted by Gasteiger charge is -2.21. The minimum absolute atomic E-state index is 0.546. The first-order valence-corrected chi connectivity index (χ1v) is 7.00. The Bertz CT molecular complexity index is 507. The normalized spacial score (nSPS) is 11.0. The van der Waals surface area contributed by atoms with Gasteiger partial charge < -0.3 is 15.7 Å². The molecule has 0 heterocycles. The summed E-state index contributed by atoms with van der Waals surface area (Å²) in [6, 6.07) is 3.11. The number of anilines is 1. The summed E-state index contributed by atoms with van der Waals surface area (Å²) in [4.78, 5) is 22.7. The number of hydrogen-bond donors (Lipinski definition) is 3. The van der Waals surface area contributed by atoms with Crippen molar-refractivity contribution in [1.29, 1.82) is 0 Å². The van der Waals surface area contributed by atoms with E-state index in [9.17, 15) is 9.59 Å². The van der Waals surface area contributed by atoms with Crippen LogP contribution in [0.1, 0.15) is 19.4 Å². The van der Waals surface area contributed by atoms with Crippen LogP contribution >= 0.6 is 31.9 Å². The van der Waals surface area contributed by atoms with Crippen molar-refractivity contribution in [1.82, 2.24) is 5.32 Å². The molecule has 7 heteroatoms. The Morgan fingerprint density at radius 1 is 1.21 bits per heavy atom. The number of carbonyl (C=O) groups excluding carboxylic acids is 1. The number of aliphatic carboxylic acids is 1. The Morgan fingerprint density at radius 2 is 1.68 bits per heavy atom. The second-order valence-corrected chi connectivity index (χ2v) is 6.32. The monoisotopic (exact) mass is 392 g/mol. The fourth-order valence-electron chi connectivity index (χ4n) is 1.30. The van der Waals surface area contributed by atoms with E-state index in [0.29, 0.717) is 14.6 Å². The van der Waals surface area contributed by atoms with Gasteiger partial charge in [-0.1, -0.05) is 0 Å². The Hall–Kier alpha value is -1.08. The predicted molar refractivity (Wildman–Crippen MR) is 80.4 cm³/mol. The van der Waals surface area contributed by atoms with Crippen molar-refractivity contribution >= 4 is 49.5 Å². The predicted octanol–water partition coefficient (Wildman–Crippen LogP) is 3.50. The van der Waals surface area contributed by atoms with Crippen molar-refractivity contribution in [3.8, 4) is 0 Å². The number of carbonyl (C=O) groups is 2. The molecule has 1 rings (SSSR count). The van der Waals surface area contributed by atoms with Gasteiger partial charge in [0.2, 0.25) is 0 Å². The van der Waals surface area contributed by atoms with Crippen LogP contribution in [0.5, 0.6) is 0 Å². The number of carboxylic acids is 1. The first kappa shape index (κ1) is 16.0. The molecule has 104 valence electrons. The minimum Gasteiger partial charge on any atom is -0.480 e. The molecule has 0 aliphatic heterocycles. The zero-order chi connectivity index (χ0) is 14.8. The first-order valence-electron chi connectivity index (χ1n) is 5.41. The van der Waals surface area contributed by atoms with E-state index in [2.05, 4.69) is 42.5 Å². The number of halogens is 2. The van der Waals surface area contributed by atoms with Crippen LogP contribution in [0.2, 0.25) is 0 Å². The summed E-state index contributed by atoms with van der Waals surface area (Å²) in [6.45, 7) is 4.75. The number of urea groups is 1. The third kappa shape index (κ3) is 4.21. The van der Waals surface area contributed by atoms with E-state index < -0.39 is 17.5 Å². The summed E-state index contributed by atoms with van der Waals surface area (Å²) in [5.41, 5.74) is 0.230. The highest BCUT2D eigenvalue weighted by Gasteiger charge is 2.29. The van der Waals surface area contributed by atoms with Gasteiger partial charge in [-0.05, 0) is 70.3 Å². The van der Waals surface area contributed by atoms with E-state index in [1.54, 1.807) is 0 Å². The summed E-state index contributed by atoms with van der Waals surface area (Å²) in [5, 5.41) is 13.9. The zero-order valence-electron chi connectivity index (χ0n) is 10.7. The molecule has 0 saturated heterocycles. The summed E-state index contributed by atoms with van der Waals surface area (Å²) in [5.74, 6) is -1.11. The number of aryl methyl sites for hydroxylation is 1. The van der Waals surface area contributed by atoms with Gasteiger partial charge in [0.15, 0.2) is 0 Å². The molecule has 1 aromatic rings. The minimum atomic E-state index is -1.34. The zero-order valence-corrected chi connectivity index (χ0v) is 13.8. The third-order valence-corrected chi connectivity index (χ3v) is 3.64. The number of nitrogens with one attached hydrogen (secondary N) is 2. The lowest BCUT2D eigenvalue weighted by molar-refractivity contribution is -0.142. The highest BCUT2D eigenvalue weighted by molar-refractivity contribution is 9.11. The lowest BCUT2D eigenvalue weighted by atomic mass is 10.1. The van der Waals surface area contributed by atoms with Crippen LogP contribution in [0, 0.1) is 6.92 Å². The van der Waals surface area contributed by atoms with Gasteiger partial charge in [0.05, 0.1) is 5.69 Å². The molecular weight excluding hydrogens is 380 g/mol. The topological polar surface area (TPSA) is 78.4 Å². The standard InChI is InChI=1S/C12H14Br2N2O3/c1-6-4-7(13)9(8(14)5-6)15-11(19)16-12(2,3)10(17)18/h4-5H,1-3H3,(H,17,18)(H2,15,16,19). The molecule has 1 aromatic carbocycles. The van der Waals surface area contributed by atoms with Crippen LogP contribution in [0.25, 0.3) is 0 Å². The summed E-state index contributed by atoms with van der Waals surface area (Å²) in [7, 11) is 0. The Kier molecular flexibility index (Phi) is 4.98. The maximum atomic E-state index is 11.8. The van der Waals surface area contributed by atoms with E-state index in [4.69, 9.17) is 5.11 Å². The van der Waals surface area contributed by atoms with Crippen LogP contribution in [-0.2, 0) is 4.79 Å². The second kappa shape index (κ2) is 5.92. The van der Waals surface area contributed by atoms with Crippen molar-refractivity contribution < 1.29 is 14.7 Å². The summed E-state index contributed by atoms with van der Waals surface area (Å²) < 4.78 is 1.42. The van der Waals surface area contributed by atoms with E-state index >= 15 is 0 Å². The van der Waals surface area contributed by atoms with Crippen LogP contribution in [0.15, 0.2) is 21.1 Å². The number of benzene rings is 1. The number of amides is 2. The first-order chi connectivity index (χ1) is 8.63. The van der Waals surface area contributed by atoms with Crippen LogP contribution in [-0.4, -0.2) is 22.6 Å². The molecule has 0 atom stereocenters. The molecule has 2 amide bonds. The average Bonchev–Trinajstić information content (AvgIpc) is 2.22. The van der Waals surface area contributed by atoms with Crippen molar-refractivity contribution in [3.63, 3.8) is 0 Å². The van der Waals surface area contributed by atoms with E-state index in [0.717, 1.165) is 5.56 Å². The number of carboxylic acid groups (broad SMARTS) is 1. The van der Waals surface area contributed by atoms with Crippen molar-refractivity contribution in [2.24, 2.45) is 0 Å². The van der Waals surface area contributed by atoms with E-state index in [1.165, 1.54) is 13.8 Å². The highest BCUT2D eigenvalue weighted by atomic mass is 79.9. The van der Waals surface area contributed by atoms with Crippen molar-refractivity contribution in [2.45, 2.75) is 26.3 Å². The smallest absolute Gasteiger partial charge is 0.328 e. The molecule has 5 nitrogen and oxygen atoms in total. The third-order valence-electron chi connectivity index (χ3n) is 2.39. The molecule has 0 radical (unpaired) electrons. The fourth-order valence-corrected chi connectivity index (χ4v) is 2.91. The van der Waals surface area contributed by atoms with Crippen molar-refractivity contribution in [2.75, 3.05) is 5.32 Å². The molecule has 0 bridgehead atoms. The maximum Gasteiger partial charge on any atom is 0.328 e. The molecule has 0 saturated carbocycles. The molecule has 0 fully saturated rings. The molecular formula is C12H14Br2N2O3. The Balaban J connectivity index is 2.87. The van der Waals surface area contributed by atoms with E-state index in [-0.39, 0.29) is 0 Å². The quantitative estimate of drug-likeness (QED) is 0.735. The highest BCUT2D eigenvalue weighted by Crippen LogP contribution is 2.32. The fraction of sp³-hybridized carbons (Fsp3) is 0.333. The van der Waals surface area contributed by atoms with E-state index in [1.807, 2.05) is 19.1 Å². The average molecular weight is 394 g/mol. The summed E-state index contributed by atoms with van der Waals surface area (Å²) >= 11 is 6.69. The molecule has 0 aliphatic rings. The lowest BCUT2D eigenvalue weighted by Crippen LogP contribution is -2.51. The Morgan fingerprint density at radius 3 is 2.11 bits per heavy atom. The summed E-state index contributed by atoms with van der Waals surface area (Å²) in [6.07, 6.45) is 0. The van der Waals surface area contributed by atoms with Crippen molar-refractivity contribution in [3.05, 3.63) is 26.6 Å². The van der Waals surface area contributed by atoms with Gasteiger partial charge in [-0.3, -0.25) is 0 Å². The van der Waals surface area contributed by atoms with Gasteiger partial charge in [0.1, 0.15) is 5.54 Å². The molecule has 0 spiro atoms.